The number of carboxylic acid groups (broad SMARTS) is 1. The van der Waals surface area contributed by atoms with E-state index in [9.17, 15) is 4.79 Å². The standard InChI is InChI=1S/C14H28O5/c1-3-5-7-13(8-10-19-14(15)16)18-12-11-17-9-6-4-2/h13H,3-12H2,1-2H3,(H,15,16). The minimum atomic E-state index is -1.22. The van der Waals surface area contributed by atoms with E-state index in [1.165, 1.54) is 0 Å². The fourth-order valence-electron chi connectivity index (χ4n) is 1.64. The van der Waals surface area contributed by atoms with Gasteiger partial charge in [-0.25, -0.2) is 4.79 Å². The highest BCUT2D eigenvalue weighted by Crippen LogP contribution is 2.09. The van der Waals surface area contributed by atoms with Crippen molar-refractivity contribution in [3.8, 4) is 0 Å². The third kappa shape index (κ3) is 13.4. The van der Waals surface area contributed by atoms with Gasteiger partial charge >= 0.3 is 6.16 Å². The number of rotatable bonds is 13. The molecular weight excluding hydrogens is 248 g/mol. The van der Waals surface area contributed by atoms with Crippen molar-refractivity contribution < 1.29 is 24.1 Å². The van der Waals surface area contributed by atoms with Crippen molar-refractivity contribution in [2.45, 2.75) is 58.5 Å². The molecule has 5 nitrogen and oxygen atoms in total. The van der Waals surface area contributed by atoms with E-state index in [2.05, 4.69) is 18.6 Å². The Morgan fingerprint density at radius 2 is 1.74 bits per heavy atom. The van der Waals surface area contributed by atoms with Gasteiger partial charge in [-0.2, -0.15) is 0 Å². The van der Waals surface area contributed by atoms with E-state index in [4.69, 9.17) is 14.6 Å². The van der Waals surface area contributed by atoms with Gasteiger partial charge in [0.25, 0.3) is 0 Å². The van der Waals surface area contributed by atoms with E-state index in [1.807, 2.05) is 0 Å². The lowest BCUT2D eigenvalue weighted by Crippen LogP contribution is -2.19. The summed E-state index contributed by atoms with van der Waals surface area (Å²) in [5.41, 5.74) is 0. The van der Waals surface area contributed by atoms with Crippen LogP contribution in [0.2, 0.25) is 0 Å². The lowest BCUT2D eigenvalue weighted by molar-refractivity contribution is -0.0131. The van der Waals surface area contributed by atoms with Crippen LogP contribution < -0.4 is 0 Å². The number of ether oxygens (including phenoxy) is 3. The molecule has 0 amide bonds. The number of unbranched alkanes of at least 4 members (excludes halogenated alkanes) is 2. The van der Waals surface area contributed by atoms with E-state index in [0.29, 0.717) is 19.6 Å². The quantitative estimate of drug-likeness (QED) is 0.412. The Labute approximate surface area is 116 Å². The van der Waals surface area contributed by atoms with Gasteiger partial charge in [0.05, 0.1) is 25.9 Å². The lowest BCUT2D eigenvalue weighted by atomic mass is 10.1. The predicted molar refractivity (Wildman–Crippen MR) is 73.6 cm³/mol. The molecule has 0 fully saturated rings. The van der Waals surface area contributed by atoms with E-state index >= 15 is 0 Å². The highest BCUT2D eigenvalue weighted by atomic mass is 16.7. The molecule has 0 saturated carbocycles. The van der Waals surface area contributed by atoms with E-state index in [1.54, 1.807) is 0 Å². The Balaban J connectivity index is 3.63. The van der Waals surface area contributed by atoms with Crippen LogP contribution in [0.25, 0.3) is 0 Å². The second kappa shape index (κ2) is 13.6. The summed E-state index contributed by atoms with van der Waals surface area (Å²) in [6, 6.07) is 0. The van der Waals surface area contributed by atoms with Gasteiger partial charge in [0.15, 0.2) is 0 Å². The molecular formula is C14H28O5. The molecule has 19 heavy (non-hydrogen) atoms. The second-order valence-electron chi connectivity index (χ2n) is 4.50. The lowest BCUT2D eigenvalue weighted by Gasteiger charge is -2.17. The zero-order chi connectivity index (χ0) is 14.3. The smallest absolute Gasteiger partial charge is 0.450 e. The molecule has 114 valence electrons. The van der Waals surface area contributed by atoms with Crippen molar-refractivity contribution in [3.05, 3.63) is 0 Å². The van der Waals surface area contributed by atoms with Gasteiger partial charge in [0.2, 0.25) is 0 Å². The van der Waals surface area contributed by atoms with Crippen LogP contribution in [-0.2, 0) is 14.2 Å². The van der Waals surface area contributed by atoms with Gasteiger partial charge in [-0.05, 0) is 12.8 Å². The summed E-state index contributed by atoms with van der Waals surface area (Å²) in [5.74, 6) is 0. The van der Waals surface area contributed by atoms with Crippen LogP contribution in [-0.4, -0.2) is 43.8 Å². The average Bonchev–Trinajstić information content (AvgIpc) is 2.38. The zero-order valence-electron chi connectivity index (χ0n) is 12.2. The topological polar surface area (TPSA) is 65.0 Å². The van der Waals surface area contributed by atoms with Crippen LogP contribution >= 0.6 is 0 Å². The molecule has 0 aliphatic carbocycles. The molecule has 0 rings (SSSR count). The van der Waals surface area contributed by atoms with Crippen LogP contribution in [0.4, 0.5) is 4.79 Å². The van der Waals surface area contributed by atoms with Gasteiger partial charge in [-0.15, -0.1) is 0 Å². The molecule has 0 saturated heterocycles. The highest BCUT2D eigenvalue weighted by molar-refractivity contribution is 5.56. The van der Waals surface area contributed by atoms with Crippen molar-refractivity contribution in [2.24, 2.45) is 0 Å². The second-order valence-corrected chi connectivity index (χ2v) is 4.50. The van der Waals surface area contributed by atoms with Gasteiger partial charge in [-0.3, -0.25) is 0 Å². The third-order valence-electron chi connectivity index (χ3n) is 2.77. The van der Waals surface area contributed by atoms with Crippen LogP contribution in [0.15, 0.2) is 0 Å². The molecule has 0 aromatic rings. The summed E-state index contributed by atoms with van der Waals surface area (Å²) in [6.07, 6.45) is 4.78. The fourth-order valence-corrected chi connectivity index (χ4v) is 1.64. The first-order valence-electron chi connectivity index (χ1n) is 7.25. The van der Waals surface area contributed by atoms with Gasteiger partial charge in [-0.1, -0.05) is 33.1 Å². The summed E-state index contributed by atoms with van der Waals surface area (Å²) < 4.78 is 15.6. The molecule has 0 bridgehead atoms. The summed E-state index contributed by atoms with van der Waals surface area (Å²) in [4.78, 5) is 10.3. The molecule has 0 radical (unpaired) electrons. The minimum Gasteiger partial charge on any atom is -0.450 e. The molecule has 1 N–H and O–H groups in total. The van der Waals surface area contributed by atoms with Crippen molar-refractivity contribution in [3.63, 3.8) is 0 Å². The summed E-state index contributed by atoms with van der Waals surface area (Å²) in [7, 11) is 0. The number of hydrogen-bond donors (Lipinski definition) is 1. The van der Waals surface area contributed by atoms with Crippen molar-refractivity contribution >= 4 is 6.16 Å². The first-order valence-corrected chi connectivity index (χ1v) is 7.25. The zero-order valence-corrected chi connectivity index (χ0v) is 12.2. The third-order valence-corrected chi connectivity index (χ3v) is 2.77. The molecule has 0 aliphatic heterocycles. The maximum Gasteiger partial charge on any atom is 0.505 e. The minimum absolute atomic E-state index is 0.0640. The predicted octanol–water partition coefficient (Wildman–Crippen LogP) is 3.46. The Kier molecular flexibility index (Phi) is 13.0. The van der Waals surface area contributed by atoms with E-state index in [-0.39, 0.29) is 12.7 Å². The van der Waals surface area contributed by atoms with Crippen molar-refractivity contribution in [1.29, 1.82) is 0 Å². The summed E-state index contributed by atoms with van der Waals surface area (Å²) in [6.45, 7) is 6.39. The molecule has 1 atom stereocenters. The highest BCUT2D eigenvalue weighted by Gasteiger charge is 2.10. The van der Waals surface area contributed by atoms with Gasteiger partial charge in [0.1, 0.15) is 0 Å². The Hall–Kier alpha value is -0.810. The van der Waals surface area contributed by atoms with E-state index in [0.717, 1.165) is 38.7 Å². The molecule has 0 spiro atoms. The molecule has 0 aromatic heterocycles. The Morgan fingerprint density at radius 3 is 2.37 bits per heavy atom. The Morgan fingerprint density at radius 1 is 1.00 bits per heavy atom. The number of hydrogen-bond acceptors (Lipinski definition) is 4. The molecule has 0 heterocycles. The average molecular weight is 276 g/mol. The van der Waals surface area contributed by atoms with Gasteiger partial charge in [0, 0.05) is 13.0 Å². The summed E-state index contributed by atoms with van der Waals surface area (Å²) in [5, 5.41) is 8.42. The SMILES string of the molecule is CCCCOCCOC(CCCC)CCOC(=O)O. The first kappa shape index (κ1) is 18.2. The fraction of sp³-hybridized carbons (Fsp3) is 0.929. The van der Waals surface area contributed by atoms with Crippen molar-refractivity contribution in [2.75, 3.05) is 26.4 Å². The molecule has 0 aromatic carbocycles. The monoisotopic (exact) mass is 276 g/mol. The number of carbonyl (C=O) groups is 1. The maximum absolute atomic E-state index is 10.3. The molecule has 1 unspecified atom stereocenters. The first-order chi connectivity index (χ1) is 9.20. The van der Waals surface area contributed by atoms with Gasteiger partial charge < -0.3 is 19.3 Å². The van der Waals surface area contributed by atoms with Crippen molar-refractivity contribution in [1.82, 2.24) is 0 Å². The molecule has 5 heteroatoms. The summed E-state index contributed by atoms with van der Waals surface area (Å²) >= 11 is 0. The normalized spacial score (nSPS) is 12.3. The van der Waals surface area contributed by atoms with Crippen LogP contribution in [0.5, 0.6) is 0 Å². The Bertz CT molecular complexity index is 208. The maximum atomic E-state index is 10.3. The molecule has 0 aliphatic rings. The van der Waals surface area contributed by atoms with E-state index < -0.39 is 6.16 Å². The van der Waals surface area contributed by atoms with Crippen LogP contribution in [0.3, 0.4) is 0 Å². The van der Waals surface area contributed by atoms with Crippen LogP contribution in [0, 0.1) is 0 Å². The largest absolute Gasteiger partial charge is 0.505 e. The van der Waals surface area contributed by atoms with Crippen LogP contribution in [0.1, 0.15) is 52.4 Å².